The van der Waals surface area contributed by atoms with Crippen LogP contribution in [0.3, 0.4) is 0 Å². The van der Waals surface area contributed by atoms with E-state index in [-0.39, 0.29) is 6.09 Å². The van der Waals surface area contributed by atoms with E-state index in [0.29, 0.717) is 17.1 Å². The second-order valence-electron chi connectivity index (χ2n) is 8.03. The van der Waals surface area contributed by atoms with Crippen molar-refractivity contribution in [3.63, 3.8) is 0 Å². The second-order valence-corrected chi connectivity index (χ2v) is 8.42. The van der Waals surface area contributed by atoms with E-state index in [4.69, 9.17) is 16.3 Å². The zero-order valence-corrected chi connectivity index (χ0v) is 16.0. The number of aromatic nitrogens is 2. The number of amides is 1. The summed E-state index contributed by atoms with van der Waals surface area (Å²) < 4.78 is 5.63. The minimum absolute atomic E-state index is 0.179. The third-order valence-corrected chi connectivity index (χ3v) is 5.03. The van der Waals surface area contributed by atoms with Gasteiger partial charge in [-0.2, -0.15) is 0 Å². The molecule has 1 atom stereocenters. The summed E-state index contributed by atoms with van der Waals surface area (Å²) in [7, 11) is 0. The van der Waals surface area contributed by atoms with Gasteiger partial charge in [-0.15, -0.1) is 10.2 Å². The Labute approximate surface area is 154 Å². The minimum atomic E-state index is -0.459. The van der Waals surface area contributed by atoms with Crippen molar-refractivity contribution in [3.8, 4) is 0 Å². The lowest BCUT2D eigenvalue weighted by atomic mass is 9.91. The summed E-state index contributed by atoms with van der Waals surface area (Å²) in [5.74, 6) is 1.27. The lowest BCUT2D eigenvalue weighted by molar-refractivity contribution is 0.00356. The van der Waals surface area contributed by atoms with Gasteiger partial charge in [0.05, 0.1) is 0 Å². The van der Waals surface area contributed by atoms with Crippen molar-refractivity contribution < 1.29 is 9.53 Å². The van der Waals surface area contributed by atoms with Crippen LogP contribution >= 0.6 is 11.6 Å². The van der Waals surface area contributed by atoms with Crippen molar-refractivity contribution in [3.05, 3.63) is 17.3 Å². The van der Waals surface area contributed by atoms with Crippen molar-refractivity contribution >= 4 is 23.5 Å². The number of nitrogens with zero attached hydrogens (tertiary/aromatic N) is 4. The van der Waals surface area contributed by atoms with E-state index < -0.39 is 5.60 Å². The highest BCUT2D eigenvalue weighted by molar-refractivity contribution is 6.29. The van der Waals surface area contributed by atoms with Crippen LogP contribution in [0, 0.1) is 5.92 Å². The van der Waals surface area contributed by atoms with Gasteiger partial charge in [0, 0.05) is 25.7 Å². The highest BCUT2D eigenvalue weighted by Crippen LogP contribution is 2.30. The van der Waals surface area contributed by atoms with E-state index in [2.05, 4.69) is 15.1 Å². The van der Waals surface area contributed by atoms with E-state index in [1.165, 1.54) is 6.42 Å². The first kappa shape index (κ1) is 18.2. The zero-order valence-electron chi connectivity index (χ0n) is 15.2. The Balaban J connectivity index is 1.60. The third kappa shape index (κ3) is 4.75. The molecule has 0 bridgehead atoms. The number of ether oxygens (including phenoxy) is 1. The molecule has 25 heavy (non-hydrogen) atoms. The maximum atomic E-state index is 12.6. The maximum absolute atomic E-state index is 12.6. The van der Waals surface area contributed by atoms with Gasteiger partial charge in [0.2, 0.25) is 0 Å². The molecule has 1 aliphatic carbocycles. The SMILES string of the molecule is CC(C)(C)OC(=O)N(CC1CCN(c2ccc(Cl)nn2)C1)C1CCC1. The molecule has 1 amide bonds. The van der Waals surface area contributed by atoms with Crippen LogP contribution in [0.2, 0.25) is 5.15 Å². The van der Waals surface area contributed by atoms with Crippen LogP contribution in [0.25, 0.3) is 0 Å². The monoisotopic (exact) mass is 366 g/mol. The first-order chi connectivity index (χ1) is 11.8. The summed E-state index contributed by atoms with van der Waals surface area (Å²) in [6.07, 6.45) is 4.22. The van der Waals surface area contributed by atoms with Gasteiger partial charge in [0.25, 0.3) is 0 Å². The fourth-order valence-corrected chi connectivity index (χ4v) is 3.44. The molecule has 1 aromatic heterocycles. The highest BCUT2D eigenvalue weighted by Gasteiger charge is 2.35. The van der Waals surface area contributed by atoms with Crippen LogP contribution < -0.4 is 4.90 Å². The Kier molecular flexibility index (Phi) is 5.37. The van der Waals surface area contributed by atoms with Gasteiger partial charge in [-0.25, -0.2) is 4.79 Å². The quantitative estimate of drug-likeness (QED) is 0.812. The molecule has 2 heterocycles. The molecule has 0 radical (unpaired) electrons. The number of halogens is 1. The van der Waals surface area contributed by atoms with E-state index in [9.17, 15) is 4.79 Å². The van der Waals surface area contributed by atoms with Crippen LogP contribution in [0.15, 0.2) is 12.1 Å². The third-order valence-electron chi connectivity index (χ3n) is 4.83. The summed E-state index contributed by atoms with van der Waals surface area (Å²) >= 11 is 5.81. The molecule has 2 fully saturated rings. The van der Waals surface area contributed by atoms with Crippen LogP contribution in [-0.2, 0) is 4.74 Å². The molecule has 0 N–H and O–H groups in total. The molecule has 1 saturated heterocycles. The molecule has 2 aliphatic rings. The molecule has 7 heteroatoms. The minimum Gasteiger partial charge on any atom is -0.444 e. The normalized spacial score (nSPS) is 21.1. The molecule has 1 unspecified atom stereocenters. The average molecular weight is 367 g/mol. The second kappa shape index (κ2) is 7.36. The molecule has 1 saturated carbocycles. The molecule has 0 aromatic carbocycles. The van der Waals surface area contributed by atoms with Gasteiger partial charge in [-0.05, 0) is 64.5 Å². The smallest absolute Gasteiger partial charge is 0.410 e. The number of carbonyl (C=O) groups excluding carboxylic acids is 1. The summed E-state index contributed by atoms with van der Waals surface area (Å²) in [5.41, 5.74) is -0.459. The van der Waals surface area contributed by atoms with Crippen LogP contribution in [0.4, 0.5) is 10.6 Å². The lowest BCUT2D eigenvalue weighted by Gasteiger charge is -2.39. The van der Waals surface area contributed by atoms with E-state index in [1.54, 1.807) is 6.07 Å². The molecular weight excluding hydrogens is 340 g/mol. The van der Waals surface area contributed by atoms with Crippen LogP contribution in [0.1, 0.15) is 46.5 Å². The number of anilines is 1. The molecule has 6 nitrogen and oxygen atoms in total. The summed E-state index contributed by atoms with van der Waals surface area (Å²) in [6, 6.07) is 3.99. The van der Waals surface area contributed by atoms with Gasteiger partial charge < -0.3 is 14.5 Å². The molecular formula is C18H27ClN4O2. The van der Waals surface area contributed by atoms with E-state index in [1.807, 2.05) is 31.7 Å². The fourth-order valence-electron chi connectivity index (χ4n) is 3.34. The Morgan fingerprint density at radius 1 is 1.32 bits per heavy atom. The summed E-state index contributed by atoms with van der Waals surface area (Å²) in [4.78, 5) is 16.8. The largest absolute Gasteiger partial charge is 0.444 e. The highest BCUT2D eigenvalue weighted by atomic mass is 35.5. The summed E-state index contributed by atoms with van der Waals surface area (Å²) in [5, 5.41) is 8.48. The van der Waals surface area contributed by atoms with Gasteiger partial charge in [0.15, 0.2) is 11.0 Å². The Morgan fingerprint density at radius 2 is 2.08 bits per heavy atom. The number of carbonyl (C=O) groups is 1. The number of hydrogen-bond acceptors (Lipinski definition) is 5. The maximum Gasteiger partial charge on any atom is 0.410 e. The van der Waals surface area contributed by atoms with Gasteiger partial charge in [-0.1, -0.05) is 11.6 Å². The fraction of sp³-hybridized carbons (Fsp3) is 0.722. The molecule has 0 spiro atoms. The molecule has 138 valence electrons. The Bertz CT molecular complexity index is 598. The van der Waals surface area contributed by atoms with E-state index >= 15 is 0 Å². The molecule has 1 aromatic rings. The van der Waals surface area contributed by atoms with Gasteiger partial charge in [0.1, 0.15) is 5.60 Å². The predicted octanol–water partition coefficient (Wildman–Crippen LogP) is 3.75. The van der Waals surface area contributed by atoms with Gasteiger partial charge in [-0.3, -0.25) is 0 Å². The molecule has 1 aliphatic heterocycles. The average Bonchev–Trinajstić information content (AvgIpc) is 2.92. The Hall–Kier alpha value is -1.56. The first-order valence-electron chi connectivity index (χ1n) is 9.05. The topological polar surface area (TPSA) is 58.6 Å². The van der Waals surface area contributed by atoms with Crippen molar-refractivity contribution in [1.82, 2.24) is 15.1 Å². The number of hydrogen-bond donors (Lipinski definition) is 0. The first-order valence-corrected chi connectivity index (χ1v) is 9.43. The van der Waals surface area contributed by atoms with Gasteiger partial charge >= 0.3 is 6.09 Å². The molecule has 3 rings (SSSR count). The zero-order chi connectivity index (χ0) is 18.0. The number of rotatable bonds is 4. The summed E-state index contributed by atoms with van der Waals surface area (Å²) in [6.45, 7) is 8.30. The van der Waals surface area contributed by atoms with Crippen molar-refractivity contribution in [1.29, 1.82) is 0 Å². The van der Waals surface area contributed by atoms with Crippen molar-refractivity contribution in [2.45, 2.75) is 58.1 Å². The standard InChI is InChI=1S/C18H27ClN4O2/c1-18(2,3)25-17(24)23(14-5-4-6-14)12-13-9-10-22(11-13)16-8-7-15(19)20-21-16/h7-8,13-14H,4-6,9-12H2,1-3H3. The van der Waals surface area contributed by atoms with Crippen molar-refractivity contribution in [2.24, 2.45) is 5.92 Å². The van der Waals surface area contributed by atoms with Crippen LogP contribution in [0.5, 0.6) is 0 Å². The predicted molar refractivity (Wildman–Crippen MR) is 97.9 cm³/mol. The van der Waals surface area contributed by atoms with Crippen LogP contribution in [-0.4, -0.2) is 52.5 Å². The van der Waals surface area contributed by atoms with Crippen molar-refractivity contribution in [2.75, 3.05) is 24.5 Å². The lowest BCUT2D eigenvalue weighted by Crippen LogP contribution is -2.48. The van der Waals surface area contributed by atoms with E-state index in [0.717, 1.165) is 44.7 Å². The Morgan fingerprint density at radius 3 is 2.64 bits per heavy atom.